The SMILES string of the molecule is CSc1ccc(C(=O)N2CCn3c(-c4c(C)ccc5ccccc45)cnc3C2)cc1. The average molecular weight is 414 g/mol. The molecule has 5 heteroatoms. The first-order chi connectivity index (χ1) is 14.7. The highest BCUT2D eigenvalue weighted by Gasteiger charge is 2.25. The number of carbonyl (C=O) groups excluding carboxylic acids is 1. The standard InChI is InChI=1S/C25H23N3OS/c1-17-7-8-18-5-3-4-6-21(18)24(17)22-15-26-23-16-27(13-14-28(22)23)25(29)19-9-11-20(30-2)12-10-19/h3-12,15H,13-14,16H2,1-2H3. The number of hydrogen-bond acceptors (Lipinski definition) is 3. The molecule has 0 spiro atoms. The first kappa shape index (κ1) is 18.9. The molecule has 1 aliphatic rings. The topological polar surface area (TPSA) is 38.1 Å². The van der Waals surface area contributed by atoms with E-state index in [-0.39, 0.29) is 5.91 Å². The summed E-state index contributed by atoms with van der Waals surface area (Å²) in [4.78, 5) is 20.8. The number of fused-ring (bicyclic) bond motifs is 2. The molecule has 150 valence electrons. The third-order valence-corrected chi connectivity index (χ3v) is 6.63. The molecule has 0 saturated heterocycles. The maximum absolute atomic E-state index is 13.0. The van der Waals surface area contributed by atoms with Gasteiger partial charge in [-0.25, -0.2) is 4.98 Å². The van der Waals surface area contributed by atoms with Gasteiger partial charge in [0.1, 0.15) is 5.82 Å². The second kappa shape index (κ2) is 7.65. The molecule has 4 aromatic rings. The Morgan fingerprint density at radius 1 is 1.00 bits per heavy atom. The predicted octanol–water partition coefficient (Wildman–Crippen LogP) is 5.39. The van der Waals surface area contributed by atoms with Gasteiger partial charge in [-0.2, -0.15) is 0 Å². The summed E-state index contributed by atoms with van der Waals surface area (Å²) in [6.07, 6.45) is 4.00. The van der Waals surface area contributed by atoms with Gasteiger partial charge in [0.05, 0.1) is 18.4 Å². The first-order valence-electron chi connectivity index (χ1n) is 10.1. The Labute approximate surface area is 180 Å². The number of nitrogens with zero attached hydrogens (tertiary/aromatic N) is 3. The van der Waals surface area contributed by atoms with Crippen LogP contribution in [0.5, 0.6) is 0 Å². The number of benzene rings is 3. The van der Waals surface area contributed by atoms with Crippen molar-refractivity contribution in [1.82, 2.24) is 14.5 Å². The normalized spacial score (nSPS) is 13.5. The Hall–Kier alpha value is -3.05. The zero-order valence-electron chi connectivity index (χ0n) is 17.1. The minimum Gasteiger partial charge on any atom is -0.329 e. The fourth-order valence-corrected chi connectivity index (χ4v) is 4.68. The Morgan fingerprint density at radius 3 is 2.60 bits per heavy atom. The minimum absolute atomic E-state index is 0.0693. The smallest absolute Gasteiger partial charge is 0.254 e. The molecule has 0 unspecified atom stereocenters. The number of aryl methyl sites for hydroxylation is 1. The molecule has 0 N–H and O–H groups in total. The number of aromatic nitrogens is 2. The van der Waals surface area contributed by atoms with E-state index in [0.717, 1.165) is 28.5 Å². The van der Waals surface area contributed by atoms with Gasteiger partial charge in [0, 0.05) is 29.1 Å². The van der Waals surface area contributed by atoms with E-state index in [1.807, 2.05) is 41.6 Å². The van der Waals surface area contributed by atoms with Crippen LogP contribution in [-0.4, -0.2) is 33.2 Å². The number of thioether (sulfide) groups is 1. The molecule has 1 aromatic heterocycles. The second-order valence-corrected chi connectivity index (χ2v) is 8.52. The Bertz CT molecular complexity index is 1240. The van der Waals surface area contributed by atoms with Crippen LogP contribution in [0, 0.1) is 6.92 Å². The van der Waals surface area contributed by atoms with Gasteiger partial charge < -0.3 is 9.47 Å². The summed E-state index contributed by atoms with van der Waals surface area (Å²) in [5, 5.41) is 2.47. The molecule has 0 bridgehead atoms. The van der Waals surface area contributed by atoms with Crippen molar-refractivity contribution in [2.45, 2.75) is 24.9 Å². The summed E-state index contributed by atoms with van der Waals surface area (Å²) in [6, 6.07) is 20.7. The number of hydrogen-bond donors (Lipinski definition) is 0. The summed E-state index contributed by atoms with van der Waals surface area (Å²) < 4.78 is 2.27. The van der Waals surface area contributed by atoms with Gasteiger partial charge in [-0.05, 0) is 53.8 Å². The van der Waals surface area contributed by atoms with Crippen LogP contribution in [0.15, 0.2) is 71.8 Å². The Kier molecular flexibility index (Phi) is 4.83. The summed E-state index contributed by atoms with van der Waals surface area (Å²) >= 11 is 1.68. The molecular formula is C25H23N3OS. The van der Waals surface area contributed by atoms with Crippen LogP contribution in [-0.2, 0) is 13.1 Å². The van der Waals surface area contributed by atoms with Crippen molar-refractivity contribution < 1.29 is 4.79 Å². The van der Waals surface area contributed by atoms with Gasteiger partial charge in [-0.15, -0.1) is 11.8 Å². The van der Waals surface area contributed by atoms with Crippen LogP contribution >= 0.6 is 11.8 Å². The zero-order valence-corrected chi connectivity index (χ0v) is 17.9. The summed E-state index contributed by atoms with van der Waals surface area (Å²) in [5.41, 5.74) is 4.34. The lowest BCUT2D eigenvalue weighted by molar-refractivity contribution is 0.0708. The maximum Gasteiger partial charge on any atom is 0.254 e. The van der Waals surface area contributed by atoms with E-state index >= 15 is 0 Å². The van der Waals surface area contributed by atoms with E-state index in [0.29, 0.717) is 13.1 Å². The molecule has 0 fully saturated rings. The van der Waals surface area contributed by atoms with E-state index in [9.17, 15) is 4.79 Å². The van der Waals surface area contributed by atoms with Gasteiger partial charge in [-0.3, -0.25) is 4.79 Å². The molecule has 3 aromatic carbocycles. The molecule has 0 saturated carbocycles. The van der Waals surface area contributed by atoms with Gasteiger partial charge >= 0.3 is 0 Å². The van der Waals surface area contributed by atoms with Gasteiger partial charge in [0.25, 0.3) is 5.91 Å². The number of amides is 1. The largest absolute Gasteiger partial charge is 0.329 e. The fourth-order valence-electron chi connectivity index (χ4n) is 4.27. The van der Waals surface area contributed by atoms with Crippen LogP contribution in [0.4, 0.5) is 0 Å². The van der Waals surface area contributed by atoms with E-state index in [2.05, 4.69) is 47.9 Å². The van der Waals surface area contributed by atoms with Crippen molar-refractivity contribution in [1.29, 1.82) is 0 Å². The fraction of sp³-hybridized carbons (Fsp3) is 0.200. The van der Waals surface area contributed by atoms with Crippen molar-refractivity contribution in [3.05, 3.63) is 83.8 Å². The molecule has 2 heterocycles. The minimum atomic E-state index is 0.0693. The highest BCUT2D eigenvalue weighted by atomic mass is 32.2. The van der Waals surface area contributed by atoms with Crippen LogP contribution in [0.2, 0.25) is 0 Å². The molecule has 0 radical (unpaired) electrons. The van der Waals surface area contributed by atoms with E-state index < -0.39 is 0 Å². The molecule has 1 aliphatic heterocycles. The van der Waals surface area contributed by atoms with Crippen LogP contribution in [0.3, 0.4) is 0 Å². The zero-order chi connectivity index (χ0) is 20.7. The van der Waals surface area contributed by atoms with Crippen LogP contribution < -0.4 is 0 Å². The van der Waals surface area contributed by atoms with E-state index in [1.165, 1.54) is 21.9 Å². The van der Waals surface area contributed by atoms with Crippen LogP contribution in [0.1, 0.15) is 21.7 Å². The van der Waals surface area contributed by atoms with E-state index in [4.69, 9.17) is 4.98 Å². The molecular weight excluding hydrogens is 390 g/mol. The predicted molar refractivity (Wildman–Crippen MR) is 123 cm³/mol. The van der Waals surface area contributed by atoms with Gasteiger partial charge in [0.2, 0.25) is 0 Å². The second-order valence-electron chi connectivity index (χ2n) is 7.65. The maximum atomic E-state index is 13.0. The molecule has 0 atom stereocenters. The van der Waals surface area contributed by atoms with Crippen molar-refractivity contribution in [3.8, 4) is 11.3 Å². The summed E-state index contributed by atoms with van der Waals surface area (Å²) in [7, 11) is 0. The lowest BCUT2D eigenvalue weighted by Crippen LogP contribution is -2.38. The molecule has 30 heavy (non-hydrogen) atoms. The third-order valence-electron chi connectivity index (χ3n) is 5.88. The summed E-state index contributed by atoms with van der Waals surface area (Å²) in [5.74, 6) is 1.01. The quantitative estimate of drug-likeness (QED) is 0.423. The van der Waals surface area contributed by atoms with Crippen molar-refractivity contribution in [2.75, 3.05) is 12.8 Å². The highest BCUT2D eigenvalue weighted by molar-refractivity contribution is 7.98. The number of rotatable bonds is 3. The highest BCUT2D eigenvalue weighted by Crippen LogP contribution is 2.33. The molecule has 0 aliphatic carbocycles. The van der Waals surface area contributed by atoms with Crippen molar-refractivity contribution >= 4 is 28.4 Å². The van der Waals surface area contributed by atoms with Crippen LogP contribution in [0.25, 0.3) is 22.0 Å². The monoisotopic (exact) mass is 413 g/mol. The van der Waals surface area contributed by atoms with E-state index in [1.54, 1.807) is 11.8 Å². The van der Waals surface area contributed by atoms with Gasteiger partial charge in [-0.1, -0.05) is 36.4 Å². The van der Waals surface area contributed by atoms with Crippen molar-refractivity contribution in [3.63, 3.8) is 0 Å². The first-order valence-corrected chi connectivity index (χ1v) is 11.3. The third kappa shape index (κ3) is 3.19. The molecule has 4 nitrogen and oxygen atoms in total. The number of carbonyl (C=O) groups is 1. The average Bonchev–Trinajstić information content (AvgIpc) is 3.21. The summed E-state index contributed by atoms with van der Waals surface area (Å²) in [6.45, 7) is 4.12. The van der Waals surface area contributed by atoms with Gasteiger partial charge in [0.15, 0.2) is 0 Å². The Morgan fingerprint density at radius 2 is 1.80 bits per heavy atom. The lowest BCUT2D eigenvalue weighted by Gasteiger charge is -2.29. The molecule has 1 amide bonds. The van der Waals surface area contributed by atoms with Crippen molar-refractivity contribution in [2.24, 2.45) is 0 Å². The number of imidazole rings is 1. The Balaban J connectivity index is 1.47. The lowest BCUT2D eigenvalue weighted by atomic mass is 9.97. The molecule has 5 rings (SSSR count).